The number of carbonyl (C=O) groups excluding carboxylic acids is 2. The highest BCUT2D eigenvalue weighted by Gasteiger charge is 2.27. The molecule has 2 N–H and O–H groups in total. The number of hydrogen-bond acceptors (Lipinski definition) is 5. The summed E-state index contributed by atoms with van der Waals surface area (Å²) in [5.74, 6) is 0.232. The predicted octanol–water partition coefficient (Wildman–Crippen LogP) is 6.25. The van der Waals surface area contributed by atoms with Gasteiger partial charge in [-0.25, -0.2) is 0 Å². The van der Waals surface area contributed by atoms with Gasteiger partial charge in [0, 0.05) is 17.3 Å². The summed E-state index contributed by atoms with van der Waals surface area (Å²) in [5, 5.41) is 15.9. The Morgan fingerprint density at radius 1 is 1.11 bits per heavy atom. The van der Waals surface area contributed by atoms with E-state index in [1.54, 1.807) is 18.2 Å². The van der Waals surface area contributed by atoms with E-state index in [0.717, 1.165) is 16.8 Å². The van der Waals surface area contributed by atoms with E-state index in [9.17, 15) is 9.59 Å². The summed E-state index contributed by atoms with van der Waals surface area (Å²) in [6.07, 6.45) is 1.72. The van der Waals surface area contributed by atoms with E-state index in [2.05, 4.69) is 27.4 Å². The quantitative estimate of drug-likeness (QED) is 0.232. The van der Waals surface area contributed by atoms with Gasteiger partial charge in [0.1, 0.15) is 0 Å². The van der Waals surface area contributed by atoms with Crippen LogP contribution < -0.4 is 10.6 Å². The third-order valence-electron chi connectivity index (χ3n) is 5.59. The molecule has 0 spiro atoms. The Hall–Kier alpha value is -2.81. The number of hydrogen-bond donors (Lipinski definition) is 2. The molecular formula is C26H29Cl2N5O2S. The van der Waals surface area contributed by atoms with E-state index in [4.69, 9.17) is 23.2 Å². The Balaban J connectivity index is 1.76. The minimum atomic E-state index is -0.449. The molecule has 0 bridgehead atoms. The van der Waals surface area contributed by atoms with Crippen molar-refractivity contribution in [3.63, 3.8) is 0 Å². The Morgan fingerprint density at radius 3 is 2.50 bits per heavy atom. The zero-order valence-corrected chi connectivity index (χ0v) is 23.0. The molecule has 0 aliphatic heterocycles. The minimum absolute atomic E-state index is 0.00119. The van der Waals surface area contributed by atoms with Gasteiger partial charge in [-0.2, -0.15) is 0 Å². The summed E-state index contributed by atoms with van der Waals surface area (Å²) in [6, 6.07) is 10.1. The molecule has 3 rings (SSSR count). The topological polar surface area (TPSA) is 88.9 Å². The third kappa shape index (κ3) is 6.90. The molecule has 36 heavy (non-hydrogen) atoms. The molecule has 3 aromatic rings. The summed E-state index contributed by atoms with van der Waals surface area (Å²) in [5.41, 5.74) is 3.34. The lowest BCUT2D eigenvalue weighted by Crippen LogP contribution is -2.34. The van der Waals surface area contributed by atoms with Crippen molar-refractivity contribution < 1.29 is 9.59 Å². The van der Waals surface area contributed by atoms with Gasteiger partial charge in [-0.1, -0.05) is 61.0 Å². The predicted molar refractivity (Wildman–Crippen MR) is 147 cm³/mol. The molecule has 0 saturated heterocycles. The van der Waals surface area contributed by atoms with Crippen LogP contribution in [0.3, 0.4) is 0 Å². The molecule has 0 radical (unpaired) electrons. The van der Waals surface area contributed by atoms with Gasteiger partial charge in [0.25, 0.3) is 5.91 Å². The Morgan fingerprint density at radius 2 is 1.86 bits per heavy atom. The van der Waals surface area contributed by atoms with Crippen LogP contribution in [0.1, 0.15) is 47.2 Å². The van der Waals surface area contributed by atoms with Gasteiger partial charge in [-0.05, 0) is 61.2 Å². The second kappa shape index (κ2) is 12.4. The normalized spacial score (nSPS) is 11.9. The van der Waals surface area contributed by atoms with Crippen molar-refractivity contribution in [3.05, 3.63) is 81.6 Å². The third-order valence-corrected chi connectivity index (χ3v) is 7.10. The van der Waals surface area contributed by atoms with Crippen molar-refractivity contribution in [2.45, 2.75) is 45.4 Å². The Kier molecular flexibility index (Phi) is 9.59. The van der Waals surface area contributed by atoms with Crippen molar-refractivity contribution in [3.8, 4) is 0 Å². The minimum Gasteiger partial charge on any atom is -0.342 e. The van der Waals surface area contributed by atoms with E-state index >= 15 is 0 Å². The highest BCUT2D eigenvalue weighted by Crippen LogP contribution is 2.27. The van der Waals surface area contributed by atoms with E-state index in [1.807, 2.05) is 50.5 Å². The van der Waals surface area contributed by atoms with E-state index < -0.39 is 6.04 Å². The summed E-state index contributed by atoms with van der Waals surface area (Å²) in [4.78, 5) is 25.6. The van der Waals surface area contributed by atoms with Crippen molar-refractivity contribution in [1.82, 2.24) is 20.1 Å². The lowest BCUT2D eigenvalue weighted by molar-refractivity contribution is -0.113. The monoisotopic (exact) mass is 545 g/mol. The zero-order valence-electron chi connectivity index (χ0n) is 20.6. The number of aromatic nitrogens is 3. The number of thioether (sulfide) groups is 1. The van der Waals surface area contributed by atoms with E-state index in [-0.39, 0.29) is 28.5 Å². The number of nitrogens with zero attached hydrogens (tertiary/aromatic N) is 3. The molecular weight excluding hydrogens is 517 g/mol. The number of halogens is 2. The van der Waals surface area contributed by atoms with Crippen LogP contribution in [0, 0.1) is 19.8 Å². The summed E-state index contributed by atoms with van der Waals surface area (Å²) in [7, 11) is 0. The molecule has 2 aromatic carbocycles. The number of amides is 2. The molecule has 1 atom stereocenters. The molecule has 0 saturated carbocycles. The van der Waals surface area contributed by atoms with Gasteiger partial charge in [-0.3, -0.25) is 9.59 Å². The van der Waals surface area contributed by atoms with Gasteiger partial charge in [-0.15, -0.1) is 16.8 Å². The summed E-state index contributed by atoms with van der Waals surface area (Å²) in [6.45, 7) is 12.2. The summed E-state index contributed by atoms with van der Waals surface area (Å²) >= 11 is 13.5. The first-order valence-electron chi connectivity index (χ1n) is 11.4. The fourth-order valence-corrected chi connectivity index (χ4v) is 4.76. The molecule has 0 unspecified atom stereocenters. The maximum Gasteiger partial charge on any atom is 0.253 e. The highest BCUT2D eigenvalue weighted by atomic mass is 35.5. The smallest absolute Gasteiger partial charge is 0.253 e. The lowest BCUT2D eigenvalue weighted by atomic mass is 10.0. The van der Waals surface area contributed by atoms with Crippen LogP contribution in [0.2, 0.25) is 10.0 Å². The summed E-state index contributed by atoms with van der Waals surface area (Å²) < 4.78 is 1.86. The van der Waals surface area contributed by atoms with Gasteiger partial charge >= 0.3 is 0 Å². The number of allylic oxidation sites excluding steroid dienone is 1. The first-order valence-corrected chi connectivity index (χ1v) is 13.1. The highest BCUT2D eigenvalue weighted by molar-refractivity contribution is 7.99. The van der Waals surface area contributed by atoms with Crippen LogP contribution in [0.5, 0.6) is 0 Å². The average Bonchev–Trinajstić information content (AvgIpc) is 3.20. The fraction of sp³-hybridized carbons (Fsp3) is 0.308. The molecule has 1 heterocycles. The molecule has 1 aromatic heterocycles. The SMILES string of the molecule is C=CCn1c(SCC(=O)Nc2ccc(C)c(C)c2)nnc1[C@@H](NC(=O)c1ccc(Cl)cc1Cl)C(C)C. The Labute approximate surface area is 225 Å². The molecule has 0 aliphatic carbocycles. The van der Waals surface area contributed by atoms with Crippen LogP contribution >= 0.6 is 35.0 Å². The van der Waals surface area contributed by atoms with Crippen LogP contribution in [-0.2, 0) is 11.3 Å². The molecule has 2 amide bonds. The van der Waals surface area contributed by atoms with Crippen LogP contribution in [-0.4, -0.2) is 32.3 Å². The van der Waals surface area contributed by atoms with Gasteiger partial charge in [0.05, 0.1) is 22.4 Å². The van der Waals surface area contributed by atoms with Crippen molar-refractivity contribution in [2.75, 3.05) is 11.1 Å². The lowest BCUT2D eigenvalue weighted by Gasteiger charge is -2.23. The first-order chi connectivity index (χ1) is 17.1. The number of carbonyl (C=O) groups is 2. The molecule has 10 heteroatoms. The molecule has 0 aliphatic rings. The number of nitrogens with one attached hydrogen (secondary N) is 2. The zero-order chi connectivity index (χ0) is 26.4. The number of aryl methyl sites for hydroxylation is 2. The first kappa shape index (κ1) is 27.8. The van der Waals surface area contributed by atoms with Gasteiger partial charge in [0.15, 0.2) is 11.0 Å². The van der Waals surface area contributed by atoms with E-state index in [1.165, 1.54) is 17.8 Å². The van der Waals surface area contributed by atoms with Crippen LogP contribution in [0.25, 0.3) is 0 Å². The van der Waals surface area contributed by atoms with Crippen LogP contribution in [0.15, 0.2) is 54.2 Å². The number of rotatable bonds is 10. The van der Waals surface area contributed by atoms with Crippen molar-refractivity contribution >= 4 is 52.5 Å². The molecule has 0 fully saturated rings. The average molecular weight is 547 g/mol. The number of anilines is 1. The number of benzene rings is 2. The second-order valence-electron chi connectivity index (χ2n) is 8.70. The van der Waals surface area contributed by atoms with Crippen LogP contribution in [0.4, 0.5) is 5.69 Å². The molecule has 190 valence electrons. The van der Waals surface area contributed by atoms with E-state index in [0.29, 0.717) is 28.1 Å². The Bertz CT molecular complexity index is 1280. The van der Waals surface area contributed by atoms with Crippen molar-refractivity contribution in [1.29, 1.82) is 0 Å². The van der Waals surface area contributed by atoms with Crippen molar-refractivity contribution in [2.24, 2.45) is 5.92 Å². The standard InChI is InChI=1S/C26H29Cl2N5O2S/c1-6-11-33-24(23(15(2)3)30-25(35)20-10-8-18(27)13-21(20)28)31-32-26(33)36-14-22(34)29-19-9-7-16(4)17(5)12-19/h6-10,12-13,15,23H,1,11,14H2,2-5H3,(H,29,34)(H,30,35)/t23-/m0/s1. The second-order valence-corrected chi connectivity index (χ2v) is 10.5. The van der Waals surface area contributed by atoms with Gasteiger partial charge < -0.3 is 15.2 Å². The van der Waals surface area contributed by atoms with Gasteiger partial charge in [0.2, 0.25) is 5.91 Å². The maximum atomic E-state index is 13.0. The maximum absolute atomic E-state index is 13.0. The fourth-order valence-electron chi connectivity index (χ4n) is 3.51. The largest absolute Gasteiger partial charge is 0.342 e. The molecule has 7 nitrogen and oxygen atoms in total.